The quantitative estimate of drug-likeness (QED) is 0.621. The number of aliphatic hydroxyl groups is 1. The molecule has 0 bridgehead atoms. The summed E-state index contributed by atoms with van der Waals surface area (Å²) in [7, 11) is 0. The maximum atomic E-state index is 11.7. The number of cyclic esters (lactones) is 1. The van der Waals surface area contributed by atoms with Gasteiger partial charge in [0.05, 0.1) is 0 Å². The molecule has 2 saturated carbocycles. The Labute approximate surface area is 139 Å². The number of allylic oxidation sites excluding steroid dienone is 1. The van der Waals surface area contributed by atoms with E-state index in [9.17, 15) is 9.90 Å². The Kier molecular flexibility index (Phi) is 4.20. The first-order chi connectivity index (χ1) is 10.7. The number of fused-ring (bicyclic) bond motifs is 1. The molecule has 3 aliphatic rings. The summed E-state index contributed by atoms with van der Waals surface area (Å²) in [6.45, 7) is 11.7. The summed E-state index contributed by atoms with van der Waals surface area (Å²) >= 11 is 0. The number of carbonyl (C=O) groups excluding carboxylic acids is 1. The van der Waals surface area contributed by atoms with Gasteiger partial charge in [0.15, 0.2) is 0 Å². The number of esters is 1. The van der Waals surface area contributed by atoms with Crippen LogP contribution in [-0.4, -0.2) is 17.4 Å². The molecule has 0 aromatic heterocycles. The van der Waals surface area contributed by atoms with Crippen molar-refractivity contribution in [3.8, 4) is 0 Å². The zero-order valence-electron chi connectivity index (χ0n) is 14.7. The number of hydrogen-bond donors (Lipinski definition) is 1. The summed E-state index contributed by atoms with van der Waals surface area (Å²) < 4.78 is 4.81. The normalized spacial score (nSPS) is 39.7. The van der Waals surface area contributed by atoms with E-state index in [1.165, 1.54) is 31.3 Å². The fraction of sp³-hybridized carbons (Fsp3) is 0.750. The molecule has 0 radical (unpaired) electrons. The first-order valence-corrected chi connectivity index (χ1v) is 9.01. The van der Waals surface area contributed by atoms with Crippen LogP contribution in [0.4, 0.5) is 0 Å². The topological polar surface area (TPSA) is 46.5 Å². The minimum atomic E-state index is -1.05. The molecule has 4 atom stereocenters. The van der Waals surface area contributed by atoms with Crippen molar-refractivity contribution >= 4 is 5.97 Å². The van der Waals surface area contributed by atoms with E-state index in [-0.39, 0.29) is 5.97 Å². The predicted molar refractivity (Wildman–Crippen MR) is 90.5 cm³/mol. The minimum absolute atomic E-state index is 0.290. The lowest BCUT2D eigenvalue weighted by Gasteiger charge is -2.58. The van der Waals surface area contributed by atoms with Crippen LogP contribution in [0, 0.1) is 22.7 Å². The highest BCUT2D eigenvalue weighted by Crippen LogP contribution is 2.61. The summed E-state index contributed by atoms with van der Waals surface area (Å²) in [6, 6.07) is 0. The van der Waals surface area contributed by atoms with Crippen molar-refractivity contribution in [2.75, 3.05) is 0 Å². The smallest absolute Gasteiger partial charge is 0.336 e. The second-order valence-corrected chi connectivity index (χ2v) is 8.68. The van der Waals surface area contributed by atoms with Crippen molar-refractivity contribution in [2.24, 2.45) is 22.7 Å². The van der Waals surface area contributed by atoms with Crippen LogP contribution >= 0.6 is 0 Å². The second kappa shape index (κ2) is 5.77. The van der Waals surface area contributed by atoms with E-state index >= 15 is 0 Å². The van der Waals surface area contributed by atoms with E-state index < -0.39 is 6.29 Å². The molecular formula is C20H30O3. The van der Waals surface area contributed by atoms with Crippen molar-refractivity contribution in [2.45, 2.75) is 72.0 Å². The average Bonchev–Trinajstić information content (AvgIpc) is 2.75. The Morgan fingerprint density at radius 2 is 2.09 bits per heavy atom. The van der Waals surface area contributed by atoms with Gasteiger partial charge in [0, 0.05) is 5.57 Å². The minimum Gasteiger partial charge on any atom is -0.429 e. The predicted octanol–water partition coefficient (Wildman–Crippen LogP) is 4.37. The van der Waals surface area contributed by atoms with E-state index in [4.69, 9.17) is 4.74 Å². The largest absolute Gasteiger partial charge is 0.429 e. The molecule has 0 amide bonds. The lowest BCUT2D eigenvalue weighted by atomic mass is 9.47. The summed E-state index contributed by atoms with van der Waals surface area (Å²) in [5, 5.41) is 9.43. The van der Waals surface area contributed by atoms with Crippen LogP contribution in [-0.2, 0) is 9.53 Å². The molecule has 128 valence electrons. The summed E-state index contributed by atoms with van der Waals surface area (Å²) in [5.41, 5.74) is 2.67. The number of aliphatic hydroxyl groups excluding tert-OH is 1. The SMILES string of the molecule is C=C1CC[C@H]2C(C)(C)CCCC2(C)[C@H]1CCC1=C[C@H](O)OC1=O. The van der Waals surface area contributed by atoms with Crippen molar-refractivity contribution in [3.05, 3.63) is 23.8 Å². The van der Waals surface area contributed by atoms with Gasteiger partial charge in [0.2, 0.25) is 6.29 Å². The fourth-order valence-corrected chi connectivity index (χ4v) is 5.75. The van der Waals surface area contributed by atoms with Gasteiger partial charge in [-0.2, -0.15) is 0 Å². The monoisotopic (exact) mass is 318 g/mol. The lowest BCUT2D eigenvalue weighted by molar-refractivity contribution is -0.151. The molecule has 3 heteroatoms. The third kappa shape index (κ3) is 2.88. The number of rotatable bonds is 3. The van der Waals surface area contributed by atoms with Crippen molar-refractivity contribution in [1.82, 2.24) is 0 Å². The van der Waals surface area contributed by atoms with E-state index in [0.717, 1.165) is 18.8 Å². The molecule has 3 nitrogen and oxygen atoms in total. The van der Waals surface area contributed by atoms with Gasteiger partial charge >= 0.3 is 5.97 Å². The summed E-state index contributed by atoms with van der Waals surface area (Å²) in [5.74, 6) is 0.839. The molecule has 1 unspecified atom stereocenters. The van der Waals surface area contributed by atoms with Gasteiger partial charge in [0.25, 0.3) is 0 Å². The van der Waals surface area contributed by atoms with Crippen LogP contribution in [0.1, 0.15) is 65.7 Å². The highest BCUT2D eigenvalue weighted by molar-refractivity contribution is 5.90. The van der Waals surface area contributed by atoms with Crippen molar-refractivity contribution in [3.63, 3.8) is 0 Å². The van der Waals surface area contributed by atoms with Gasteiger partial charge in [-0.1, -0.05) is 39.3 Å². The maximum absolute atomic E-state index is 11.7. The summed E-state index contributed by atoms with van der Waals surface area (Å²) in [6.07, 6.45) is 8.35. The van der Waals surface area contributed by atoms with Crippen molar-refractivity contribution in [1.29, 1.82) is 0 Å². The Balaban J connectivity index is 1.78. The van der Waals surface area contributed by atoms with Crippen LogP contribution in [0.5, 0.6) is 0 Å². The molecule has 1 aliphatic heterocycles. The standard InChI is InChI=1S/C20H30O3/c1-13-6-9-16-19(2,3)10-5-11-20(16,4)15(13)8-7-14-12-17(21)23-18(14)22/h12,15-17,21H,1,5-11H2,2-4H3/t15-,16-,17+,20?/m0/s1. The van der Waals surface area contributed by atoms with Crippen LogP contribution in [0.15, 0.2) is 23.8 Å². The Morgan fingerprint density at radius 1 is 1.35 bits per heavy atom. The van der Waals surface area contributed by atoms with Crippen LogP contribution in [0.2, 0.25) is 0 Å². The Morgan fingerprint density at radius 3 is 2.74 bits per heavy atom. The molecule has 0 saturated heterocycles. The molecule has 1 heterocycles. The first-order valence-electron chi connectivity index (χ1n) is 9.01. The molecule has 0 aromatic carbocycles. The molecule has 0 aromatic rings. The molecule has 2 aliphatic carbocycles. The molecule has 3 rings (SSSR count). The molecule has 23 heavy (non-hydrogen) atoms. The second-order valence-electron chi connectivity index (χ2n) is 8.68. The van der Waals surface area contributed by atoms with E-state index in [1.807, 2.05) is 0 Å². The highest BCUT2D eigenvalue weighted by Gasteiger charge is 2.52. The molecule has 0 spiro atoms. The maximum Gasteiger partial charge on any atom is 0.336 e. The third-order valence-corrected chi connectivity index (χ3v) is 6.85. The molecule has 1 N–H and O–H groups in total. The highest BCUT2D eigenvalue weighted by atomic mass is 16.6. The lowest BCUT2D eigenvalue weighted by Crippen LogP contribution is -2.49. The van der Waals surface area contributed by atoms with E-state index in [1.54, 1.807) is 6.08 Å². The first kappa shape index (κ1) is 16.8. The van der Waals surface area contributed by atoms with Gasteiger partial charge in [-0.05, 0) is 67.3 Å². The Bertz CT molecular complexity index is 545. The van der Waals surface area contributed by atoms with Crippen LogP contribution in [0.3, 0.4) is 0 Å². The van der Waals surface area contributed by atoms with Crippen LogP contribution in [0.25, 0.3) is 0 Å². The summed E-state index contributed by atoms with van der Waals surface area (Å²) in [4.78, 5) is 11.7. The fourth-order valence-electron chi connectivity index (χ4n) is 5.75. The number of hydrogen-bond acceptors (Lipinski definition) is 3. The van der Waals surface area contributed by atoms with Gasteiger partial charge in [-0.15, -0.1) is 0 Å². The number of carbonyl (C=O) groups is 1. The average molecular weight is 318 g/mol. The Hall–Kier alpha value is -1.09. The molecular weight excluding hydrogens is 288 g/mol. The van der Waals surface area contributed by atoms with E-state index in [0.29, 0.717) is 28.7 Å². The van der Waals surface area contributed by atoms with Gasteiger partial charge in [0.1, 0.15) is 0 Å². The molecule has 2 fully saturated rings. The van der Waals surface area contributed by atoms with Crippen LogP contribution < -0.4 is 0 Å². The van der Waals surface area contributed by atoms with E-state index in [2.05, 4.69) is 27.4 Å². The zero-order chi connectivity index (χ0) is 16.8. The van der Waals surface area contributed by atoms with Crippen molar-refractivity contribution < 1.29 is 14.6 Å². The third-order valence-electron chi connectivity index (χ3n) is 6.85. The van der Waals surface area contributed by atoms with Gasteiger partial charge in [-0.3, -0.25) is 0 Å². The van der Waals surface area contributed by atoms with Gasteiger partial charge in [-0.25, -0.2) is 4.79 Å². The van der Waals surface area contributed by atoms with Gasteiger partial charge < -0.3 is 9.84 Å². The number of ether oxygens (including phenoxy) is 1. The zero-order valence-corrected chi connectivity index (χ0v) is 14.7.